The van der Waals surface area contributed by atoms with Crippen molar-refractivity contribution in [1.82, 2.24) is 20.6 Å². The van der Waals surface area contributed by atoms with Crippen LogP contribution in [0.1, 0.15) is 10.4 Å². The maximum absolute atomic E-state index is 12.5. The zero-order chi connectivity index (χ0) is 20.3. The monoisotopic (exact) mass is 405 g/mol. The molecule has 3 aromatic rings. The molecular weight excluding hydrogens is 391 g/mol. The molecule has 0 aliphatic rings. The van der Waals surface area contributed by atoms with Crippen LogP contribution in [0, 0.1) is 5.41 Å². The lowest BCUT2D eigenvalue weighted by Gasteiger charge is -2.11. The lowest BCUT2D eigenvalue weighted by Crippen LogP contribution is -2.32. The van der Waals surface area contributed by atoms with Gasteiger partial charge in [-0.15, -0.1) is 11.3 Å². The van der Waals surface area contributed by atoms with Crippen molar-refractivity contribution in [2.45, 2.75) is 6.18 Å². The third-order valence-electron chi connectivity index (χ3n) is 3.74. The highest BCUT2D eigenvalue weighted by Crippen LogP contribution is 2.25. The summed E-state index contributed by atoms with van der Waals surface area (Å²) in [6, 6.07) is 6.69. The first-order chi connectivity index (χ1) is 13.3. The number of fused-ring (bicyclic) bond motifs is 1. The van der Waals surface area contributed by atoms with Crippen molar-refractivity contribution in [3.63, 3.8) is 0 Å². The molecule has 6 nitrogen and oxygen atoms in total. The van der Waals surface area contributed by atoms with Gasteiger partial charge in [0, 0.05) is 47.4 Å². The highest BCUT2D eigenvalue weighted by molar-refractivity contribution is 7.13. The van der Waals surface area contributed by atoms with Crippen LogP contribution in [0.3, 0.4) is 0 Å². The van der Waals surface area contributed by atoms with E-state index in [0.29, 0.717) is 11.6 Å². The minimum Gasteiger partial charge on any atom is -0.375 e. The fourth-order valence-electron chi connectivity index (χ4n) is 2.34. The number of allylic oxidation sites excluding steroid dienone is 1. The number of pyridine rings is 1. The smallest absolute Gasteiger partial charge is 0.375 e. The molecule has 0 bridgehead atoms. The van der Waals surface area contributed by atoms with Crippen LogP contribution < -0.4 is 10.6 Å². The Balaban J connectivity index is 1.82. The van der Waals surface area contributed by atoms with Crippen LogP contribution in [-0.4, -0.2) is 34.8 Å². The van der Waals surface area contributed by atoms with Crippen molar-refractivity contribution in [1.29, 1.82) is 5.41 Å². The molecule has 3 N–H and O–H groups in total. The number of hydrogen-bond donors (Lipinski definition) is 3. The Labute approximate surface area is 161 Å². The van der Waals surface area contributed by atoms with E-state index < -0.39 is 17.8 Å². The number of thiazole rings is 1. The zero-order valence-corrected chi connectivity index (χ0v) is 15.3. The Morgan fingerprint density at radius 2 is 2.04 bits per heavy atom. The van der Waals surface area contributed by atoms with E-state index in [4.69, 9.17) is 5.41 Å². The summed E-state index contributed by atoms with van der Waals surface area (Å²) >= 11 is 1.48. The topological polar surface area (TPSA) is 90.8 Å². The maximum atomic E-state index is 12.5. The molecule has 1 amide bonds. The lowest BCUT2D eigenvalue weighted by atomic mass is 10.1. The number of aromatic nitrogens is 2. The fraction of sp³-hybridized carbons (Fsp3) is 0.111. The van der Waals surface area contributed by atoms with Crippen LogP contribution in [0.25, 0.3) is 21.5 Å². The Kier molecular flexibility index (Phi) is 5.41. The number of benzene rings is 1. The van der Waals surface area contributed by atoms with E-state index in [1.807, 2.05) is 11.4 Å². The summed E-state index contributed by atoms with van der Waals surface area (Å²) in [5, 5.41) is 15.2. The Morgan fingerprint density at radius 3 is 2.68 bits per heavy atom. The SMILES string of the molecule is CN/C(=C\C(=N)C(F)(F)F)NC(=O)c1ccc2cc(-c3nccs3)cnc2c1. The number of hydrogen-bond acceptors (Lipinski definition) is 6. The molecule has 10 heteroatoms. The van der Waals surface area contributed by atoms with Crippen molar-refractivity contribution < 1.29 is 18.0 Å². The summed E-state index contributed by atoms with van der Waals surface area (Å²) in [5.41, 5.74) is 0.0606. The van der Waals surface area contributed by atoms with Gasteiger partial charge in [0.25, 0.3) is 5.91 Å². The minimum atomic E-state index is -4.80. The molecule has 28 heavy (non-hydrogen) atoms. The molecule has 0 fully saturated rings. The van der Waals surface area contributed by atoms with Gasteiger partial charge in [-0.25, -0.2) is 4.98 Å². The highest BCUT2D eigenvalue weighted by Gasteiger charge is 2.33. The first-order valence-electron chi connectivity index (χ1n) is 7.94. The van der Waals surface area contributed by atoms with Gasteiger partial charge in [0.05, 0.1) is 5.52 Å². The molecular formula is C18H14F3N5OS. The molecule has 0 saturated carbocycles. The number of alkyl halides is 3. The van der Waals surface area contributed by atoms with E-state index >= 15 is 0 Å². The fourth-order valence-corrected chi connectivity index (χ4v) is 2.96. The van der Waals surface area contributed by atoms with Crippen molar-refractivity contribution in [2.24, 2.45) is 0 Å². The molecule has 2 aromatic heterocycles. The van der Waals surface area contributed by atoms with Crippen LogP contribution in [-0.2, 0) is 0 Å². The highest BCUT2D eigenvalue weighted by atomic mass is 32.1. The van der Waals surface area contributed by atoms with E-state index in [2.05, 4.69) is 20.6 Å². The van der Waals surface area contributed by atoms with E-state index in [0.717, 1.165) is 16.0 Å². The molecule has 0 aliphatic carbocycles. The second-order valence-corrected chi connectivity index (χ2v) is 6.54. The average Bonchev–Trinajstić information content (AvgIpc) is 3.20. The van der Waals surface area contributed by atoms with Crippen LogP contribution in [0.5, 0.6) is 0 Å². The Hall–Kier alpha value is -3.27. The Bertz CT molecular complexity index is 1060. The molecule has 2 heterocycles. The van der Waals surface area contributed by atoms with Crippen LogP contribution >= 0.6 is 11.3 Å². The molecule has 3 rings (SSSR count). The van der Waals surface area contributed by atoms with Gasteiger partial charge in [0.2, 0.25) is 0 Å². The van der Waals surface area contributed by atoms with Crippen LogP contribution in [0.15, 0.2) is 53.9 Å². The molecule has 0 saturated heterocycles. The maximum Gasteiger partial charge on any atom is 0.432 e. The molecule has 144 valence electrons. The van der Waals surface area contributed by atoms with Gasteiger partial charge in [0.1, 0.15) is 16.5 Å². The minimum absolute atomic E-state index is 0.224. The van der Waals surface area contributed by atoms with Crippen molar-refractivity contribution in [3.8, 4) is 10.6 Å². The molecule has 0 aliphatic heterocycles. The van der Waals surface area contributed by atoms with E-state index in [1.165, 1.54) is 18.4 Å². The standard InChI is InChI=1S/C18H14F3N5OS/c1-23-15(8-14(22)18(19,20)21)26-16(27)11-3-2-10-6-12(9-25-13(10)7-11)17-24-4-5-28-17/h2-9,22-23H,1H3,(H,26,27)/b15-8+,22-14?. The molecule has 0 spiro atoms. The number of carbonyl (C=O) groups is 1. The summed E-state index contributed by atoms with van der Waals surface area (Å²) in [5.74, 6) is -0.859. The van der Waals surface area contributed by atoms with E-state index in [9.17, 15) is 18.0 Å². The number of nitrogens with zero attached hydrogens (tertiary/aromatic N) is 2. The summed E-state index contributed by atoms with van der Waals surface area (Å²) in [6.45, 7) is 0. The van der Waals surface area contributed by atoms with Crippen molar-refractivity contribution in [3.05, 3.63) is 59.5 Å². The molecule has 1 aromatic carbocycles. The first-order valence-corrected chi connectivity index (χ1v) is 8.82. The summed E-state index contributed by atoms with van der Waals surface area (Å²) < 4.78 is 37.5. The first kappa shape index (κ1) is 19.5. The quantitative estimate of drug-likeness (QED) is 0.564. The second kappa shape index (κ2) is 7.77. The largest absolute Gasteiger partial charge is 0.432 e. The zero-order valence-electron chi connectivity index (χ0n) is 14.5. The predicted octanol–water partition coefficient (Wildman–Crippen LogP) is 3.73. The third kappa shape index (κ3) is 4.34. The van der Waals surface area contributed by atoms with Gasteiger partial charge >= 0.3 is 6.18 Å². The summed E-state index contributed by atoms with van der Waals surface area (Å²) in [4.78, 5) is 20.9. The molecule has 0 unspecified atom stereocenters. The average molecular weight is 405 g/mol. The van der Waals surface area contributed by atoms with Crippen molar-refractivity contribution >= 4 is 33.9 Å². The van der Waals surface area contributed by atoms with Gasteiger partial charge in [0.15, 0.2) is 0 Å². The van der Waals surface area contributed by atoms with Gasteiger partial charge in [-0.1, -0.05) is 6.07 Å². The lowest BCUT2D eigenvalue weighted by molar-refractivity contribution is -0.0584. The third-order valence-corrected chi connectivity index (χ3v) is 4.56. The van der Waals surface area contributed by atoms with Crippen LogP contribution in [0.2, 0.25) is 0 Å². The Morgan fingerprint density at radius 1 is 1.25 bits per heavy atom. The van der Waals surface area contributed by atoms with Gasteiger partial charge in [-0.05, 0) is 18.2 Å². The summed E-state index contributed by atoms with van der Waals surface area (Å²) in [6.07, 6.45) is -0.943. The number of rotatable bonds is 5. The van der Waals surface area contributed by atoms with E-state index in [-0.39, 0.29) is 11.4 Å². The number of carbonyl (C=O) groups excluding carboxylic acids is 1. The number of amides is 1. The van der Waals surface area contributed by atoms with Crippen molar-refractivity contribution in [2.75, 3.05) is 7.05 Å². The van der Waals surface area contributed by atoms with Gasteiger partial charge in [-0.2, -0.15) is 13.2 Å². The summed E-state index contributed by atoms with van der Waals surface area (Å²) in [7, 11) is 1.35. The van der Waals surface area contributed by atoms with Crippen LogP contribution in [0.4, 0.5) is 13.2 Å². The second-order valence-electron chi connectivity index (χ2n) is 5.64. The normalized spacial score (nSPS) is 12.1. The van der Waals surface area contributed by atoms with Gasteiger partial charge in [-0.3, -0.25) is 15.2 Å². The molecule has 0 atom stereocenters. The predicted molar refractivity (Wildman–Crippen MR) is 101 cm³/mol. The van der Waals surface area contributed by atoms with E-state index in [1.54, 1.807) is 30.6 Å². The van der Waals surface area contributed by atoms with Gasteiger partial charge < -0.3 is 10.6 Å². The number of nitrogens with one attached hydrogen (secondary N) is 3. The number of halogens is 3. The molecule has 0 radical (unpaired) electrons.